The van der Waals surface area contributed by atoms with E-state index in [1.165, 1.54) is 12.8 Å². The Morgan fingerprint density at radius 2 is 2.00 bits per heavy atom. The summed E-state index contributed by atoms with van der Waals surface area (Å²) in [5, 5.41) is 8.54. The number of nitrogens with zero attached hydrogens (tertiary/aromatic N) is 2. The number of aromatic amines is 2. The van der Waals surface area contributed by atoms with Gasteiger partial charge in [0, 0.05) is 24.4 Å². The van der Waals surface area contributed by atoms with Crippen LogP contribution in [0.5, 0.6) is 5.75 Å². The molecule has 2 aromatic rings. The van der Waals surface area contributed by atoms with Crippen molar-refractivity contribution in [1.82, 2.24) is 9.97 Å². The van der Waals surface area contributed by atoms with Crippen LogP contribution in [-0.4, -0.2) is 22.8 Å². The summed E-state index contributed by atoms with van der Waals surface area (Å²) in [6.07, 6.45) is 15.5. The maximum absolute atomic E-state index is 8.54. The number of rotatable bonds is 10. The van der Waals surface area contributed by atoms with Gasteiger partial charge in [-0.3, -0.25) is 4.99 Å². The van der Waals surface area contributed by atoms with Crippen molar-refractivity contribution in [3.05, 3.63) is 47.9 Å². The Bertz CT molecular complexity index is 863. The van der Waals surface area contributed by atoms with Gasteiger partial charge in [-0.1, -0.05) is 19.3 Å². The van der Waals surface area contributed by atoms with E-state index in [2.05, 4.69) is 28.2 Å². The smallest absolute Gasteiger partial charge is 0.144 e. The van der Waals surface area contributed by atoms with Crippen LogP contribution in [0.2, 0.25) is 0 Å². The molecule has 0 amide bonds. The van der Waals surface area contributed by atoms with Crippen LogP contribution in [0.1, 0.15) is 50.6 Å². The molecule has 0 aromatic carbocycles. The SMILES string of the molecule is COc1cc(-c2ccc[nH]2)[nH]c1C=C1C=CC(CCCCCCCC#N)=N1. The van der Waals surface area contributed by atoms with E-state index in [1.54, 1.807) is 7.11 Å². The van der Waals surface area contributed by atoms with Crippen molar-refractivity contribution in [2.45, 2.75) is 44.9 Å². The van der Waals surface area contributed by atoms with Crippen molar-refractivity contribution in [3.63, 3.8) is 0 Å². The first-order chi connectivity index (χ1) is 13.3. The molecule has 5 heteroatoms. The quantitative estimate of drug-likeness (QED) is 0.538. The summed E-state index contributed by atoms with van der Waals surface area (Å²) >= 11 is 0. The third-order valence-corrected chi connectivity index (χ3v) is 4.65. The molecule has 27 heavy (non-hydrogen) atoms. The van der Waals surface area contributed by atoms with Gasteiger partial charge in [-0.15, -0.1) is 0 Å². The molecule has 0 fully saturated rings. The second kappa shape index (κ2) is 9.63. The molecule has 5 nitrogen and oxygen atoms in total. The largest absolute Gasteiger partial charge is 0.494 e. The zero-order chi connectivity index (χ0) is 18.9. The van der Waals surface area contributed by atoms with Gasteiger partial charge in [0.15, 0.2) is 0 Å². The number of aromatic nitrogens is 2. The lowest BCUT2D eigenvalue weighted by atomic mass is 10.1. The molecular formula is C22H26N4O. The van der Waals surface area contributed by atoms with Gasteiger partial charge in [-0.05, 0) is 49.6 Å². The normalized spacial score (nSPS) is 14.5. The second-order valence-corrected chi connectivity index (χ2v) is 6.68. The minimum absolute atomic E-state index is 0.678. The summed E-state index contributed by atoms with van der Waals surface area (Å²) in [5.41, 5.74) is 5.01. The number of nitrogens with one attached hydrogen (secondary N) is 2. The Kier molecular flexibility index (Phi) is 6.70. The van der Waals surface area contributed by atoms with Gasteiger partial charge in [0.1, 0.15) is 5.75 Å². The molecule has 0 aliphatic carbocycles. The highest BCUT2D eigenvalue weighted by molar-refractivity contribution is 5.99. The summed E-state index contributed by atoms with van der Waals surface area (Å²) in [6, 6.07) is 8.19. The van der Waals surface area contributed by atoms with E-state index in [4.69, 9.17) is 15.0 Å². The zero-order valence-corrected chi connectivity index (χ0v) is 15.8. The van der Waals surface area contributed by atoms with Gasteiger partial charge in [0.25, 0.3) is 0 Å². The number of ether oxygens (including phenoxy) is 1. The van der Waals surface area contributed by atoms with Crippen molar-refractivity contribution in [3.8, 4) is 23.2 Å². The molecule has 0 radical (unpaired) electrons. The number of hydrogen-bond acceptors (Lipinski definition) is 3. The third-order valence-electron chi connectivity index (χ3n) is 4.65. The number of unbranched alkanes of at least 4 members (excludes halogenated alkanes) is 5. The number of allylic oxidation sites excluding steroid dienone is 2. The van der Waals surface area contributed by atoms with E-state index in [9.17, 15) is 0 Å². The van der Waals surface area contributed by atoms with E-state index in [0.29, 0.717) is 6.42 Å². The lowest BCUT2D eigenvalue weighted by molar-refractivity contribution is 0.414. The zero-order valence-electron chi connectivity index (χ0n) is 15.8. The number of H-pyrrole nitrogens is 2. The number of methoxy groups -OCH3 is 1. The molecule has 140 valence electrons. The van der Waals surface area contributed by atoms with Crippen molar-refractivity contribution in [2.24, 2.45) is 4.99 Å². The highest BCUT2D eigenvalue weighted by atomic mass is 16.5. The van der Waals surface area contributed by atoms with E-state index in [0.717, 1.165) is 59.9 Å². The van der Waals surface area contributed by atoms with Crippen LogP contribution in [0, 0.1) is 11.3 Å². The Labute approximate surface area is 160 Å². The molecule has 2 aromatic heterocycles. The molecule has 0 bridgehead atoms. The van der Waals surface area contributed by atoms with E-state index in [1.807, 2.05) is 30.5 Å². The topological polar surface area (TPSA) is 77.0 Å². The Hall–Kier alpha value is -3.00. The predicted molar refractivity (Wildman–Crippen MR) is 110 cm³/mol. The standard InChI is InChI=1S/C22H26N4O/c1-27-22-16-20(19-10-8-14-24-19)26-21(22)15-18-12-11-17(25-18)9-6-4-2-3-5-7-13-23/h8,10-12,14-16,24,26H,2-7,9H2,1H3. The number of aliphatic imine (C=N–C) groups is 1. The van der Waals surface area contributed by atoms with Crippen LogP contribution >= 0.6 is 0 Å². The highest BCUT2D eigenvalue weighted by Gasteiger charge is 2.11. The van der Waals surface area contributed by atoms with Crippen molar-refractivity contribution in [1.29, 1.82) is 5.26 Å². The van der Waals surface area contributed by atoms with E-state index < -0.39 is 0 Å². The first-order valence-electron chi connectivity index (χ1n) is 9.55. The Morgan fingerprint density at radius 1 is 1.15 bits per heavy atom. The molecule has 0 spiro atoms. The van der Waals surface area contributed by atoms with Gasteiger partial charge >= 0.3 is 0 Å². The van der Waals surface area contributed by atoms with Crippen LogP contribution in [-0.2, 0) is 0 Å². The first kappa shape index (κ1) is 18.8. The molecule has 2 N–H and O–H groups in total. The second-order valence-electron chi connectivity index (χ2n) is 6.68. The Morgan fingerprint density at radius 3 is 2.78 bits per heavy atom. The summed E-state index contributed by atoms with van der Waals surface area (Å²) < 4.78 is 5.50. The summed E-state index contributed by atoms with van der Waals surface area (Å²) in [5.74, 6) is 0.807. The first-order valence-corrected chi connectivity index (χ1v) is 9.55. The van der Waals surface area contributed by atoms with Gasteiger partial charge in [-0.25, -0.2) is 0 Å². The molecule has 0 unspecified atom stereocenters. The predicted octanol–water partition coefficient (Wildman–Crippen LogP) is 5.62. The van der Waals surface area contributed by atoms with E-state index >= 15 is 0 Å². The fourth-order valence-electron chi connectivity index (χ4n) is 3.20. The van der Waals surface area contributed by atoms with Crippen LogP contribution in [0.25, 0.3) is 17.5 Å². The van der Waals surface area contributed by atoms with Gasteiger partial charge < -0.3 is 14.7 Å². The molecule has 3 heterocycles. The number of nitriles is 1. The average Bonchev–Trinajstić information content (AvgIpc) is 3.42. The van der Waals surface area contributed by atoms with Crippen molar-refractivity contribution < 1.29 is 4.74 Å². The third kappa shape index (κ3) is 5.24. The molecule has 3 rings (SSSR count). The van der Waals surface area contributed by atoms with E-state index in [-0.39, 0.29) is 0 Å². The Balaban J connectivity index is 1.56. The molecular weight excluding hydrogens is 336 g/mol. The van der Waals surface area contributed by atoms with Crippen LogP contribution < -0.4 is 4.74 Å². The molecule has 1 aliphatic heterocycles. The van der Waals surface area contributed by atoms with Crippen LogP contribution in [0.15, 0.2) is 47.2 Å². The minimum atomic E-state index is 0.678. The summed E-state index contributed by atoms with van der Waals surface area (Å²) in [7, 11) is 1.68. The maximum atomic E-state index is 8.54. The fourth-order valence-corrected chi connectivity index (χ4v) is 3.20. The van der Waals surface area contributed by atoms with Crippen LogP contribution in [0.3, 0.4) is 0 Å². The monoisotopic (exact) mass is 362 g/mol. The van der Waals surface area contributed by atoms with Gasteiger partial charge in [-0.2, -0.15) is 5.26 Å². The maximum Gasteiger partial charge on any atom is 0.144 e. The average molecular weight is 362 g/mol. The summed E-state index contributed by atoms with van der Waals surface area (Å²) in [6.45, 7) is 0. The van der Waals surface area contributed by atoms with Crippen molar-refractivity contribution >= 4 is 11.8 Å². The molecule has 0 saturated heterocycles. The van der Waals surface area contributed by atoms with Crippen molar-refractivity contribution in [2.75, 3.05) is 7.11 Å². The fraction of sp³-hybridized carbons (Fsp3) is 0.364. The molecule has 0 saturated carbocycles. The number of hydrogen-bond donors (Lipinski definition) is 2. The van der Waals surface area contributed by atoms with Gasteiger partial charge in [0.2, 0.25) is 0 Å². The molecule has 1 aliphatic rings. The highest BCUT2D eigenvalue weighted by Crippen LogP contribution is 2.29. The minimum Gasteiger partial charge on any atom is -0.494 e. The lowest BCUT2D eigenvalue weighted by Gasteiger charge is -2.00. The molecule has 0 atom stereocenters. The lowest BCUT2D eigenvalue weighted by Crippen LogP contribution is -1.90. The van der Waals surface area contributed by atoms with Gasteiger partial charge in [0.05, 0.1) is 36.0 Å². The summed E-state index contributed by atoms with van der Waals surface area (Å²) in [4.78, 5) is 11.3. The van der Waals surface area contributed by atoms with Crippen LogP contribution in [0.4, 0.5) is 0 Å².